The molecule has 0 bridgehead atoms. The molecule has 0 saturated heterocycles. The van der Waals surface area contributed by atoms with E-state index in [0.717, 1.165) is 12.0 Å². The van der Waals surface area contributed by atoms with Crippen molar-refractivity contribution in [2.75, 3.05) is 0 Å². The average molecular weight is 355 g/mol. The van der Waals surface area contributed by atoms with E-state index in [1.54, 1.807) is 12.1 Å². The largest absolute Gasteiger partial charge is 0.321 e. The summed E-state index contributed by atoms with van der Waals surface area (Å²) in [6.07, 6.45) is 0.732. The lowest BCUT2D eigenvalue weighted by Crippen LogP contribution is -2.35. The van der Waals surface area contributed by atoms with Crippen LogP contribution in [0.2, 0.25) is 0 Å². The second kappa shape index (κ2) is 5.36. The molecule has 2 aromatic carbocycles. The molecule has 3 heteroatoms. The van der Waals surface area contributed by atoms with Crippen molar-refractivity contribution >= 4 is 22.6 Å². The summed E-state index contributed by atoms with van der Waals surface area (Å²) in [7, 11) is 0. The molecule has 2 aromatic rings. The SMILES string of the molecule is CC(N)(Cc1ccc(I)cc1)c1ccc(F)cc1. The van der Waals surface area contributed by atoms with E-state index in [1.165, 1.54) is 21.3 Å². The van der Waals surface area contributed by atoms with Crippen molar-refractivity contribution in [2.45, 2.75) is 18.9 Å². The molecule has 94 valence electrons. The summed E-state index contributed by atoms with van der Waals surface area (Å²) in [5.74, 6) is -0.233. The van der Waals surface area contributed by atoms with Crippen LogP contribution in [0, 0.1) is 9.39 Å². The van der Waals surface area contributed by atoms with Crippen LogP contribution in [0.1, 0.15) is 18.1 Å². The summed E-state index contributed by atoms with van der Waals surface area (Å²) in [4.78, 5) is 0. The van der Waals surface area contributed by atoms with Gasteiger partial charge in [-0.1, -0.05) is 24.3 Å². The molecule has 2 N–H and O–H groups in total. The zero-order chi connectivity index (χ0) is 13.2. The first-order chi connectivity index (χ1) is 8.47. The van der Waals surface area contributed by atoms with Gasteiger partial charge in [-0.15, -0.1) is 0 Å². The van der Waals surface area contributed by atoms with Gasteiger partial charge in [0.15, 0.2) is 0 Å². The first kappa shape index (κ1) is 13.5. The minimum absolute atomic E-state index is 0.233. The number of nitrogens with two attached hydrogens (primary N) is 1. The molecule has 0 spiro atoms. The molecule has 0 aliphatic carbocycles. The Morgan fingerprint density at radius 3 is 2.17 bits per heavy atom. The Kier molecular flexibility index (Phi) is 4.02. The molecule has 2 rings (SSSR count). The molecule has 0 radical (unpaired) electrons. The summed E-state index contributed by atoms with van der Waals surface area (Å²) in [6, 6.07) is 14.7. The van der Waals surface area contributed by atoms with Gasteiger partial charge in [0, 0.05) is 9.11 Å². The molecule has 0 amide bonds. The summed E-state index contributed by atoms with van der Waals surface area (Å²) < 4.78 is 14.1. The molecular formula is C15H15FIN. The molecule has 18 heavy (non-hydrogen) atoms. The Balaban J connectivity index is 2.20. The van der Waals surface area contributed by atoms with Gasteiger partial charge in [0.1, 0.15) is 5.82 Å². The van der Waals surface area contributed by atoms with E-state index in [1.807, 2.05) is 6.92 Å². The monoisotopic (exact) mass is 355 g/mol. The molecule has 0 heterocycles. The second-order valence-corrected chi connectivity index (χ2v) is 5.97. The van der Waals surface area contributed by atoms with Crippen LogP contribution >= 0.6 is 22.6 Å². The second-order valence-electron chi connectivity index (χ2n) is 4.73. The van der Waals surface area contributed by atoms with Crippen molar-refractivity contribution in [1.82, 2.24) is 0 Å². The van der Waals surface area contributed by atoms with Crippen LogP contribution < -0.4 is 5.73 Å². The summed E-state index contributed by atoms with van der Waals surface area (Å²) >= 11 is 2.28. The highest BCUT2D eigenvalue weighted by atomic mass is 127. The normalized spacial score (nSPS) is 14.2. The number of halogens is 2. The van der Waals surface area contributed by atoms with Gasteiger partial charge >= 0.3 is 0 Å². The Hall–Kier alpha value is -0.940. The van der Waals surface area contributed by atoms with Gasteiger partial charge in [-0.25, -0.2) is 4.39 Å². The Morgan fingerprint density at radius 1 is 1.06 bits per heavy atom. The lowest BCUT2D eigenvalue weighted by Gasteiger charge is -2.25. The number of rotatable bonds is 3. The molecule has 0 aromatic heterocycles. The lowest BCUT2D eigenvalue weighted by molar-refractivity contribution is 0.490. The third-order valence-electron chi connectivity index (χ3n) is 2.99. The Labute approximate surface area is 120 Å². The van der Waals surface area contributed by atoms with Gasteiger partial charge in [-0.05, 0) is 71.3 Å². The maximum Gasteiger partial charge on any atom is 0.123 e. The quantitative estimate of drug-likeness (QED) is 0.832. The van der Waals surface area contributed by atoms with Crippen LogP contribution in [0.4, 0.5) is 4.39 Å². The van der Waals surface area contributed by atoms with Crippen molar-refractivity contribution in [3.63, 3.8) is 0 Å². The first-order valence-corrected chi connectivity index (χ1v) is 6.85. The highest BCUT2D eigenvalue weighted by molar-refractivity contribution is 14.1. The van der Waals surface area contributed by atoms with Crippen LogP contribution in [0.5, 0.6) is 0 Å². The Bertz CT molecular complexity index is 517. The first-order valence-electron chi connectivity index (χ1n) is 5.77. The third kappa shape index (κ3) is 3.29. The van der Waals surface area contributed by atoms with Crippen molar-refractivity contribution in [3.05, 3.63) is 69.0 Å². The predicted molar refractivity (Wildman–Crippen MR) is 80.8 cm³/mol. The van der Waals surface area contributed by atoms with Crippen LogP contribution in [-0.2, 0) is 12.0 Å². The number of hydrogen-bond donors (Lipinski definition) is 1. The third-order valence-corrected chi connectivity index (χ3v) is 3.71. The highest BCUT2D eigenvalue weighted by Gasteiger charge is 2.21. The smallest absolute Gasteiger partial charge is 0.123 e. The van der Waals surface area contributed by atoms with E-state index in [4.69, 9.17) is 5.73 Å². The minimum Gasteiger partial charge on any atom is -0.321 e. The van der Waals surface area contributed by atoms with Gasteiger partial charge in [0.25, 0.3) is 0 Å². The molecule has 1 nitrogen and oxygen atoms in total. The molecule has 0 saturated carbocycles. The van der Waals surface area contributed by atoms with E-state index in [0.29, 0.717) is 0 Å². The topological polar surface area (TPSA) is 26.0 Å². The fourth-order valence-electron chi connectivity index (χ4n) is 1.96. The van der Waals surface area contributed by atoms with Crippen LogP contribution in [-0.4, -0.2) is 0 Å². The highest BCUT2D eigenvalue weighted by Crippen LogP contribution is 2.23. The lowest BCUT2D eigenvalue weighted by atomic mass is 9.87. The van der Waals surface area contributed by atoms with Crippen LogP contribution in [0.25, 0.3) is 0 Å². The van der Waals surface area contributed by atoms with Crippen LogP contribution in [0.15, 0.2) is 48.5 Å². The fourth-order valence-corrected chi connectivity index (χ4v) is 2.32. The molecule has 0 fully saturated rings. The molecule has 1 unspecified atom stereocenters. The zero-order valence-electron chi connectivity index (χ0n) is 10.2. The van der Waals surface area contributed by atoms with Crippen molar-refractivity contribution in [1.29, 1.82) is 0 Å². The fraction of sp³-hybridized carbons (Fsp3) is 0.200. The standard InChI is InChI=1S/C15H15FIN/c1-15(18,12-4-6-13(16)7-5-12)10-11-2-8-14(17)9-3-11/h2-9H,10,18H2,1H3. The molecule has 0 aliphatic rings. The van der Waals surface area contributed by atoms with E-state index < -0.39 is 5.54 Å². The van der Waals surface area contributed by atoms with Crippen molar-refractivity contribution in [2.24, 2.45) is 5.73 Å². The van der Waals surface area contributed by atoms with Crippen molar-refractivity contribution in [3.8, 4) is 0 Å². The predicted octanol–water partition coefficient (Wildman–Crippen LogP) is 3.85. The summed E-state index contributed by atoms with van der Waals surface area (Å²) in [6.45, 7) is 1.97. The average Bonchev–Trinajstić information content (AvgIpc) is 2.32. The van der Waals surface area contributed by atoms with E-state index >= 15 is 0 Å². The van der Waals surface area contributed by atoms with Gasteiger partial charge in [0.05, 0.1) is 0 Å². The zero-order valence-corrected chi connectivity index (χ0v) is 12.3. The minimum atomic E-state index is -0.486. The summed E-state index contributed by atoms with van der Waals surface area (Å²) in [5, 5.41) is 0. The van der Waals surface area contributed by atoms with Crippen LogP contribution in [0.3, 0.4) is 0 Å². The van der Waals surface area contributed by atoms with Gasteiger partial charge in [-0.3, -0.25) is 0 Å². The maximum atomic E-state index is 12.9. The van der Waals surface area contributed by atoms with Crippen molar-refractivity contribution < 1.29 is 4.39 Å². The number of benzene rings is 2. The van der Waals surface area contributed by atoms with Gasteiger partial charge in [-0.2, -0.15) is 0 Å². The van der Waals surface area contributed by atoms with E-state index in [9.17, 15) is 4.39 Å². The van der Waals surface area contributed by atoms with Gasteiger partial charge in [0.2, 0.25) is 0 Å². The maximum absolute atomic E-state index is 12.9. The Morgan fingerprint density at radius 2 is 1.61 bits per heavy atom. The summed E-state index contributed by atoms with van der Waals surface area (Å²) in [5.41, 5.74) is 7.98. The van der Waals surface area contributed by atoms with Gasteiger partial charge < -0.3 is 5.73 Å². The molecule has 0 aliphatic heterocycles. The van der Waals surface area contributed by atoms with E-state index in [2.05, 4.69) is 46.9 Å². The van der Waals surface area contributed by atoms with E-state index in [-0.39, 0.29) is 5.82 Å². The molecule has 1 atom stereocenters. The number of hydrogen-bond acceptors (Lipinski definition) is 1. The molecular weight excluding hydrogens is 340 g/mol.